The fraction of sp³-hybridized carbons (Fsp3) is 0.583. The predicted molar refractivity (Wildman–Crippen MR) is 71.0 cm³/mol. The highest BCUT2D eigenvalue weighted by atomic mass is 32.2. The van der Waals surface area contributed by atoms with Crippen LogP contribution in [-0.2, 0) is 10.0 Å². The van der Waals surface area contributed by atoms with Gasteiger partial charge in [-0.15, -0.1) is 0 Å². The summed E-state index contributed by atoms with van der Waals surface area (Å²) in [6.45, 7) is 4.74. The molecule has 0 amide bonds. The molecule has 0 unspecified atom stereocenters. The zero-order chi connectivity index (χ0) is 13.2. The zero-order valence-electron chi connectivity index (χ0n) is 10.7. The highest BCUT2D eigenvalue weighted by Gasteiger charge is 2.41. The Labute approximate surface area is 108 Å². The predicted octanol–water partition coefficient (Wildman–Crippen LogP) is 1.73. The minimum atomic E-state index is -3.43. The second kappa shape index (κ2) is 4.85. The maximum atomic E-state index is 12.1. The summed E-state index contributed by atoms with van der Waals surface area (Å²) in [5, 5.41) is 3.08. The summed E-state index contributed by atoms with van der Waals surface area (Å²) in [5.74, 6) is 0.598. The Kier molecular flexibility index (Phi) is 3.59. The molecule has 5 nitrogen and oxygen atoms in total. The number of nitrogens with one attached hydrogen (secondary N) is 2. The molecule has 0 radical (unpaired) electrons. The highest BCUT2D eigenvalue weighted by molar-refractivity contribution is 7.89. The highest BCUT2D eigenvalue weighted by Crippen LogP contribution is 2.35. The molecule has 0 spiro atoms. The summed E-state index contributed by atoms with van der Waals surface area (Å²) in [6, 6.07) is 3.09. The smallest absolute Gasteiger partial charge is 0.241 e. The van der Waals surface area contributed by atoms with Crippen molar-refractivity contribution in [3.05, 3.63) is 18.3 Å². The van der Waals surface area contributed by atoms with Crippen molar-refractivity contribution in [1.82, 2.24) is 9.71 Å². The average Bonchev–Trinajstić information content (AvgIpc) is 3.03. The van der Waals surface area contributed by atoms with Gasteiger partial charge < -0.3 is 5.32 Å². The molecule has 0 saturated heterocycles. The van der Waals surface area contributed by atoms with Crippen molar-refractivity contribution in [1.29, 1.82) is 0 Å². The molecule has 1 aliphatic carbocycles. The summed E-state index contributed by atoms with van der Waals surface area (Å²) in [6.07, 6.45) is 4.28. The Bertz CT molecular complexity index is 524. The van der Waals surface area contributed by atoms with Gasteiger partial charge in [0.25, 0.3) is 0 Å². The fourth-order valence-corrected chi connectivity index (χ4v) is 3.08. The first-order valence-corrected chi connectivity index (χ1v) is 7.67. The molecule has 100 valence electrons. The van der Waals surface area contributed by atoms with E-state index in [0.29, 0.717) is 5.82 Å². The van der Waals surface area contributed by atoms with Crippen molar-refractivity contribution in [2.75, 3.05) is 11.9 Å². The largest absolute Gasteiger partial charge is 0.370 e. The normalized spacial score (nSPS) is 17.4. The molecule has 1 aliphatic rings. The lowest BCUT2D eigenvalue weighted by Gasteiger charge is -2.12. The van der Waals surface area contributed by atoms with Crippen LogP contribution in [0.5, 0.6) is 0 Å². The molecule has 18 heavy (non-hydrogen) atoms. The van der Waals surface area contributed by atoms with E-state index in [-0.39, 0.29) is 10.4 Å². The van der Waals surface area contributed by atoms with E-state index in [9.17, 15) is 8.42 Å². The van der Waals surface area contributed by atoms with Crippen molar-refractivity contribution < 1.29 is 8.42 Å². The van der Waals surface area contributed by atoms with E-state index >= 15 is 0 Å². The Balaban J connectivity index is 2.16. The summed E-state index contributed by atoms with van der Waals surface area (Å²) < 4.78 is 27.0. The number of anilines is 1. The Morgan fingerprint density at radius 3 is 2.78 bits per heavy atom. The number of hydrogen-bond acceptors (Lipinski definition) is 4. The first-order chi connectivity index (χ1) is 8.45. The Morgan fingerprint density at radius 1 is 1.44 bits per heavy atom. The number of rotatable bonds is 6. The minimum Gasteiger partial charge on any atom is -0.370 e. The molecule has 0 aliphatic heterocycles. The first kappa shape index (κ1) is 13.3. The van der Waals surface area contributed by atoms with Crippen LogP contribution in [-0.4, -0.2) is 25.5 Å². The van der Waals surface area contributed by atoms with Crippen molar-refractivity contribution in [2.24, 2.45) is 0 Å². The van der Waals surface area contributed by atoms with Crippen LogP contribution in [0.25, 0.3) is 0 Å². The molecule has 0 bridgehead atoms. The van der Waals surface area contributed by atoms with Gasteiger partial charge in [-0.3, -0.25) is 0 Å². The molecular weight excluding hydrogens is 250 g/mol. The van der Waals surface area contributed by atoms with E-state index in [0.717, 1.165) is 25.8 Å². The van der Waals surface area contributed by atoms with E-state index in [4.69, 9.17) is 0 Å². The fourth-order valence-electron chi connectivity index (χ4n) is 1.60. The van der Waals surface area contributed by atoms with Crippen molar-refractivity contribution in [3.63, 3.8) is 0 Å². The van der Waals surface area contributed by atoms with Crippen LogP contribution < -0.4 is 10.0 Å². The summed E-state index contributed by atoms with van der Waals surface area (Å²) >= 11 is 0. The SMILES string of the molecule is CCCNc1cc(S(=O)(=O)NC2(C)CC2)ccn1. The molecule has 2 N–H and O–H groups in total. The number of sulfonamides is 1. The second-order valence-electron chi connectivity index (χ2n) is 4.97. The lowest BCUT2D eigenvalue weighted by atomic mass is 10.4. The number of pyridine rings is 1. The third kappa shape index (κ3) is 3.20. The van der Waals surface area contributed by atoms with Gasteiger partial charge in [-0.1, -0.05) is 6.92 Å². The van der Waals surface area contributed by atoms with Crippen LogP contribution in [0.15, 0.2) is 23.2 Å². The molecule has 2 rings (SSSR count). The van der Waals surface area contributed by atoms with Gasteiger partial charge in [0.05, 0.1) is 4.90 Å². The van der Waals surface area contributed by atoms with E-state index in [1.807, 2.05) is 13.8 Å². The lowest BCUT2D eigenvalue weighted by Crippen LogP contribution is -2.34. The molecule has 1 heterocycles. The van der Waals surface area contributed by atoms with Crippen LogP contribution >= 0.6 is 0 Å². The Morgan fingerprint density at radius 2 is 2.17 bits per heavy atom. The molecule has 1 fully saturated rings. The van der Waals surface area contributed by atoms with Crippen LogP contribution in [0.4, 0.5) is 5.82 Å². The van der Waals surface area contributed by atoms with Crippen molar-refractivity contribution in [2.45, 2.75) is 43.5 Å². The van der Waals surface area contributed by atoms with Crippen LogP contribution in [0.1, 0.15) is 33.1 Å². The van der Waals surface area contributed by atoms with Crippen LogP contribution in [0.3, 0.4) is 0 Å². The quantitative estimate of drug-likeness (QED) is 0.825. The van der Waals surface area contributed by atoms with E-state index in [1.165, 1.54) is 12.3 Å². The molecule has 1 aromatic rings. The van der Waals surface area contributed by atoms with Crippen molar-refractivity contribution >= 4 is 15.8 Å². The summed E-state index contributed by atoms with van der Waals surface area (Å²) in [7, 11) is -3.43. The summed E-state index contributed by atoms with van der Waals surface area (Å²) in [4.78, 5) is 4.37. The third-order valence-corrected chi connectivity index (χ3v) is 4.61. The van der Waals surface area contributed by atoms with Gasteiger partial charge in [-0.05, 0) is 32.3 Å². The maximum Gasteiger partial charge on any atom is 0.241 e. The standard InChI is InChI=1S/C12H19N3O2S/c1-3-7-13-11-9-10(4-8-14-11)18(16,17)15-12(2)5-6-12/h4,8-9,15H,3,5-7H2,1-2H3,(H,13,14). The van der Waals surface area contributed by atoms with Crippen molar-refractivity contribution in [3.8, 4) is 0 Å². The van der Waals surface area contributed by atoms with E-state index in [2.05, 4.69) is 15.0 Å². The van der Waals surface area contributed by atoms with E-state index < -0.39 is 10.0 Å². The van der Waals surface area contributed by atoms with Gasteiger partial charge in [0.15, 0.2) is 0 Å². The molecule has 0 atom stereocenters. The van der Waals surface area contributed by atoms with Gasteiger partial charge in [0.2, 0.25) is 10.0 Å². The Hall–Kier alpha value is -1.14. The van der Waals surface area contributed by atoms with Gasteiger partial charge in [0.1, 0.15) is 5.82 Å². The first-order valence-electron chi connectivity index (χ1n) is 6.19. The molecular formula is C12H19N3O2S. The third-order valence-electron chi connectivity index (χ3n) is 2.98. The van der Waals surface area contributed by atoms with Crippen LogP contribution in [0.2, 0.25) is 0 Å². The average molecular weight is 269 g/mol. The molecule has 1 saturated carbocycles. The second-order valence-corrected chi connectivity index (χ2v) is 6.65. The molecule has 6 heteroatoms. The summed E-state index contributed by atoms with van der Waals surface area (Å²) in [5.41, 5.74) is -0.251. The van der Waals surface area contributed by atoms with Gasteiger partial charge >= 0.3 is 0 Å². The number of aromatic nitrogens is 1. The van der Waals surface area contributed by atoms with E-state index in [1.54, 1.807) is 6.07 Å². The topological polar surface area (TPSA) is 71.1 Å². The van der Waals surface area contributed by atoms with Gasteiger partial charge in [-0.25, -0.2) is 18.1 Å². The van der Waals surface area contributed by atoms with Gasteiger partial charge in [0, 0.05) is 24.3 Å². The number of nitrogens with zero attached hydrogens (tertiary/aromatic N) is 1. The molecule has 0 aromatic carbocycles. The zero-order valence-corrected chi connectivity index (χ0v) is 11.5. The minimum absolute atomic E-state index is 0.251. The maximum absolute atomic E-state index is 12.1. The van der Waals surface area contributed by atoms with Gasteiger partial charge in [-0.2, -0.15) is 0 Å². The lowest BCUT2D eigenvalue weighted by molar-refractivity contribution is 0.558. The monoisotopic (exact) mass is 269 g/mol. The van der Waals surface area contributed by atoms with Crippen LogP contribution in [0, 0.1) is 0 Å². The number of hydrogen-bond donors (Lipinski definition) is 2. The molecule has 1 aromatic heterocycles.